The third kappa shape index (κ3) is 3.18. The minimum absolute atomic E-state index is 0.748. The minimum atomic E-state index is 0.748. The fraction of sp³-hybridized carbons (Fsp3) is 0.235. The van der Waals surface area contributed by atoms with E-state index in [1.807, 2.05) is 30.3 Å². The number of rotatable bonds is 4. The lowest BCUT2D eigenvalue weighted by molar-refractivity contribution is 0.344. The van der Waals surface area contributed by atoms with Crippen molar-refractivity contribution < 1.29 is 4.84 Å². The number of benzene rings is 2. The summed E-state index contributed by atoms with van der Waals surface area (Å²) in [5.41, 5.74) is 2.34. The highest BCUT2D eigenvalue weighted by atomic mass is 16.6. The molecule has 0 spiro atoms. The maximum Gasteiger partial charge on any atom is 0.157 e. The Morgan fingerprint density at radius 2 is 1.60 bits per heavy atom. The first-order valence-electron chi connectivity index (χ1n) is 7.02. The minimum Gasteiger partial charge on any atom is -0.372 e. The van der Waals surface area contributed by atoms with Crippen LogP contribution in [0.2, 0.25) is 0 Å². The highest BCUT2D eigenvalue weighted by Crippen LogP contribution is 2.20. The molecule has 0 bridgehead atoms. The Morgan fingerprint density at radius 3 is 2.30 bits per heavy atom. The van der Waals surface area contributed by atoms with E-state index >= 15 is 0 Å². The molecular weight excluding hydrogens is 248 g/mol. The van der Waals surface area contributed by atoms with Gasteiger partial charge in [-0.3, -0.25) is 0 Å². The van der Waals surface area contributed by atoms with Gasteiger partial charge in [-0.2, -0.15) is 0 Å². The Balaban J connectivity index is 1.60. The first-order valence-corrected chi connectivity index (χ1v) is 7.02. The zero-order chi connectivity index (χ0) is 13.6. The monoisotopic (exact) mass is 266 g/mol. The van der Waals surface area contributed by atoms with Gasteiger partial charge in [0.25, 0.3) is 0 Å². The van der Waals surface area contributed by atoms with E-state index < -0.39 is 0 Å². The van der Waals surface area contributed by atoms with Crippen molar-refractivity contribution in [3.63, 3.8) is 0 Å². The summed E-state index contributed by atoms with van der Waals surface area (Å²) in [7, 11) is 0. The van der Waals surface area contributed by atoms with E-state index in [9.17, 15) is 0 Å². The van der Waals surface area contributed by atoms with E-state index in [0.717, 1.165) is 11.3 Å². The molecule has 0 atom stereocenters. The topological polar surface area (TPSA) is 24.8 Å². The average molecular weight is 266 g/mol. The third-order valence-electron chi connectivity index (χ3n) is 3.47. The molecule has 20 heavy (non-hydrogen) atoms. The maximum atomic E-state index is 5.30. The number of hydrogen-bond acceptors (Lipinski definition) is 3. The van der Waals surface area contributed by atoms with Gasteiger partial charge in [-0.25, -0.2) is 0 Å². The first-order chi connectivity index (χ1) is 9.92. The van der Waals surface area contributed by atoms with E-state index in [1.165, 1.54) is 31.6 Å². The predicted molar refractivity (Wildman–Crippen MR) is 82.6 cm³/mol. The van der Waals surface area contributed by atoms with Crippen molar-refractivity contribution in [2.75, 3.05) is 18.0 Å². The summed E-state index contributed by atoms with van der Waals surface area (Å²) in [6.07, 6.45) is 4.34. The number of para-hydroxylation sites is 1. The number of oxime groups is 1. The molecule has 1 aliphatic heterocycles. The second-order valence-corrected chi connectivity index (χ2v) is 4.92. The molecule has 3 nitrogen and oxygen atoms in total. The molecule has 0 amide bonds. The van der Waals surface area contributed by atoms with Crippen molar-refractivity contribution in [1.29, 1.82) is 0 Å². The standard InChI is InChI=1S/C17H18N2O/c1-2-6-17(7-3-1)20-18-14-15-8-10-16(11-9-15)19-12-4-5-13-19/h1-3,6-11,14H,4-5,12-13H2. The molecule has 0 aromatic heterocycles. The molecule has 1 heterocycles. The van der Waals surface area contributed by atoms with Crippen LogP contribution in [0.4, 0.5) is 5.69 Å². The Morgan fingerprint density at radius 1 is 0.900 bits per heavy atom. The van der Waals surface area contributed by atoms with Crippen LogP contribution in [-0.2, 0) is 0 Å². The lowest BCUT2D eigenvalue weighted by atomic mass is 10.2. The van der Waals surface area contributed by atoms with Gasteiger partial charge in [0.1, 0.15) is 0 Å². The smallest absolute Gasteiger partial charge is 0.157 e. The molecule has 1 saturated heterocycles. The van der Waals surface area contributed by atoms with Crippen LogP contribution in [0.3, 0.4) is 0 Å². The largest absolute Gasteiger partial charge is 0.372 e. The van der Waals surface area contributed by atoms with E-state index in [0.29, 0.717) is 0 Å². The third-order valence-corrected chi connectivity index (χ3v) is 3.47. The highest BCUT2D eigenvalue weighted by molar-refractivity contribution is 5.80. The molecule has 0 unspecified atom stereocenters. The Labute approximate surface area is 119 Å². The van der Waals surface area contributed by atoms with Crippen molar-refractivity contribution in [3.8, 4) is 5.75 Å². The molecule has 1 fully saturated rings. The molecule has 102 valence electrons. The van der Waals surface area contributed by atoms with Crippen LogP contribution in [0, 0.1) is 0 Å². The van der Waals surface area contributed by atoms with Crippen molar-refractivity contribution in [3.05, 3.63) is 60.2 Å². The summed E-state index contributed by atoms with van der Waals surface area (Å²) in [5, 5.41) is 4.00. The Bertz CT molecular complexity index is 557. The van der Waals surface area contributed by atoms with Crippen LogP contribution >= 0.6 is 0 Å². The van der Waals surface area contributed by atoms with Crippen LogP contribution in [0.15, 0.2) is 59.8 Å². The van der Waals surface area contributed by atoms with Gasteiger partial charge in [0.15, 0.2) is 5.75 Å². The van der Waals surface area contributed by atoms with E-state index in [-0.39, 0.29) is 0 Å². The van der Waals surface area contributed by atoms with Crippen molar-refractivity contribution >= 4 is 11.9 Å². The van der Waals surface area contributed by atoms with Gasteiger partial charge in [0, 0.05) is 18.8 Å². The molecule has 2 aromatic rings. The fourth-order valence-electron chi connectivity index (χ4n) is 2.38. The normalized spacial score (nSPS) is 14.9. The molecule has 1 aliphatic rings. The lowest BCUT2D eigenvalue weighted by Crippen LogP contribution is -2.17. The van der Waals surface area contributed by atoms with Crippen molar-refractivity contribution in [2.24, 2.45) is 5.16 Å². The summed E-state index contributed by atoms with van der Waals surface area (Å²) < 4.78 is 0. The molecule has 3 rings (SSSR count). The van der Waals surface area contributed by atoms with Gasteiger partial charge in [-0.1, -0.05) is 35.5 Å². The van der Waals surface area contributed by atoms with E-state index in [2.05, 4.69) is 34.3 Å². The van der Waals surface area contributed by atoms with Gasteiger partial charge in [0.05, 0.1) is 6.21 Å². The number of hydrogen-bond donors (Lipinski definition) is 0. The molecule has 2 aromatic carbocycles. The SMILES string of the molecule is C(=NOc1ccccc1)c1ccc(N2CCCC2)cc1. The summed E-state index contributed by atoms with van der Waals surface area (Å²) >= 11 is 0. The summed E-state index contributed by atoms with van der Waals surface area (Å²) in [4.78, 5) is 7.72. The van der Waals surface area contributed by atoms with Gasteiger partial charge in [0.2, 0.25) is 0 Å². The second kappa shape index (κ2) is 6.24. The van der Waals surface area contributed by atoms with Gasteiger partial charge in [-0.05, 0) is 42.7 Å². The lowest BCUT2D eigenvalue weighted by Gasteiger charge is -2.17. The number of anilines is 1. The Hall–Kier alpha value is -2.29. The molecule has 0 saturated carbocycles. The van der Waals surface area contributed by atoms with Crippen LogP contribution in [0.5, 0.6) is 5.75 Å². The van der Waals surface area contributed by atoms with Crippen LogP contribution in [-0.4, -0.2) is 19.3 Å². The molecule has 0 radical (unpaired) electrons. The molecule has 0 aliphatic carbocycles. The van der Waals surface area contributed by atoms with Crippen LogP contribution in [0.1, 0.15) is 18.4 Å². The quantitative estimate of drug-likeness (QED) is 0.622. The highest BCUT2D eigenvalue weighted by Gasteiger charge is 2.11. The summed E-state index contributed by atoms with van der Waals surface area (Å²) in [6, 6.07) is 18.0. The predicted octanol–water partition coefficient (Wildman–Crippen LogP) is 3.70. The van der Waals surface area contributed by atoms with Crippen LogP contribution < -0.4 is 9.74 Å². The van der Waals surface area contributed by atoms with Crippen molar-refractivity contribution in [1.82, 2.24) is 0 Å². The van der Waals surface area contributed by atoms with Crippen LogP contribution in [0.25, 0.3) is 0 Å². The fourth-order valence-corrected chi connectivity index (χ4v) is 2.38. The summed E-state index contributed by atoms with van der Waals surface area (Å²) in [5.74, 6) is 0.748. The number of nitrogens with zero attached hydrogens (tertiary/aromatic N) is 2. The average Bonchev–Trinajstić information content (AvgIpc) is 3.03. The first kappa shape index (κ1) is 12.7. The summed E-state index contributed by atoms with van der Waals surface area (Å²) in [6.45, 7) is 2.34. The van der Waals surface area contributed by atoms with E-state index in [4.69, 9.17) is 4.84 Å². The molecule has 0 N–H and O–H groups in total. The van der Waals surface area contributed by atoms with Gasteiger partial charge < -0.3 is 9.74 Å². The zero-order valence-corrected chi connectivity index (χ0v) is 11.4. The van der Waals surface area contributed by atoms with Gasteiger partial charge in [-0.15, -0.1) is 0 Å². The zero-order valence-electron chi connectivity index (χ0n) is 11.4. The second-order valence-electron chi connectivity index (χ2n) is 4.92. The maximum absolute atomic E-state index is 5.30. The van der Waals surface area contributed by atoms with Gasteiger partial charge >= 0.3 is 0 Å². The van der Waals surface area contributed by atoms with E-state index in [1.54, 1.807) is 6.21 Å². The molecular formula is C17H18N2O. The molecule has 3 heteroatoms. The Kier molecular flexibility index (Phi) is 3.97. The van der Waals surface area contributed by atoms with Crippen molar-refractivity contribution in [2.45, 2.75) is 12.8 Å².